The normalized spacial score (nSPS) is 14.3. The average molecular weight is 508 g/mol. The topological polar surface area (TPSA) is 19.9 Å². The fourth-order valence-electron chi connectivity index (χ4n) is 1.51. The predicted molar refractivity (Wildman–Crippen MR) is 98.2 cm³/mol. The Kier molecular flexibility index (Phi) is 7.41. The van der Waals surface area contributed by atoms with Crippen LogP contribution in [0.2, 0.25) is 0 Å². The molecule has 0 atom stereocenters. The van der Waals surface area contributed by atoms with Crippen LogP contribution in [0, 0.1) is 0 Å². The standard InChI is InChI=1S/C11H5Cl10O/c12-8(13,10(16,17)18)6-2-1-5(4-22)7(3-6)9(14,15)11(19,20)21/h1-3H,4H2. The summed E-state index contributed by atoms with van der Waals surface area (Å²) in [6, 6.07) is 4.02. The van der Waals surface area contributed by atoms with E-state index < -0.39 is 22.9 Å². The molecule has 0 fully saturated rings. The first kappa shape index (κ1) is 22.1. The summed E-state index contributed by atoms with van der Waals surface area (Å²) in [4.78, 5) is 0. The zero-order valence-electron chi connectivity index (χ0n) is 10.1. The second-order valence-electron chi connectivity index (χ2n) is 4.16. The molecule has 0 amide bonds. The van der Waals surface area contributed by atoms with Crippen molar-refractivity contribution in [3.8, 4) is 0 Å². The molecule has 0 saturated carbocycles. The van der Waals surface area contributed by atoms with Crippen molar-refractivity contribution in [3.63, 3.8) is 0 Å². The number of hydrogen-bond donors (Lipinski definition) is 0. The molecule has 1 radical (unpaired) electrons. The predicted octanol–water partition coefficient (Wildman–Crippen LogP) is 7.62. The highest BCUT2D eigenvalue weighted by molar-refractivity contribution is 6.76. The van der Waals surface area contributed by atoms with Gasteiger partial charge in [-0.1, -0.05) is 128 Å². The number of benzene rings is 1. The highest BCUT2D eigenvalue weighted by Gasteiger charge is 2.51. The SMILES string of the molecule is [O]Cc1ccc(C(Cl)(Cl)C(Cl)(Cl)Cl)cc1C(Cl)(Cl)C(Cl)(Cl)Cl. The van der Waals surface area contributed by atoms with Crippen LogP contribution in [0.1, 0.15) is 16.7 Å². The van der Waals surface area contributed by atoms with Gasteiger partial charge in [0.2, 0.25) is 7.59 Å². The Morgan fingerprint density at radius 1 is 0.727 bits per heavy atom. The lowest BCUT2D eigenvalue weighted by molar-refractivity contribution is 0.176. The Labute approximate surface area is 177 Å². The van der Waals surface area contributed by atoms with Gasteiger partial charge in [-0.25, -0.2) is 5.11 Å². The number of alkyl halides is 10. The molecule has 0 N–H and O–H groups in total. The first-order valence-corrected chi connectivity index (χ1v) is 9.05. The Bertz CT molecular complexity index is 543. The van der Waals surface area contributed by atoms with Crippen LogP contribution in [0.25, 0.3) is 0 Å². The molecule has 1 nitrogen and oxygen atoms in total. The van der Waals surface area contributed by atoms with Crippen LogP contribution in [0.3, 0.4) is 0 Å². The molecule has 125 valence electrons. The van der Waals surface area contributed by atoms with Gasteiger partial charge in [-0.3, -0.25) is 0 Å². The zero-order valence-corrected chi connectivity index (χ0v) is 17.7. The molecular formula is C11H5Cl10O. The van der Waals surface area contributed by atoms with Crippen LogP contribution in [0.5, 0.6) is 0 Å². The summed E-state index contributed by atoms with van der Waals surface area (Å²) in [5.41, 5.74) is 0.291. The Hall–Kier alpha value is 2.08. The van der Waals surface area contributed by atoms with Gasteiger partial charge in [-0.15, -0.1) is 0 Å². The fraction of sp³-hybridized carbons (Fsp3) is 0.455. The third-order valence-corrected chi connectivity index (χ3v) is 7.52. The van der Waals surface area contributed by atoms with Crippen molar-refractivity contribution >= 4 is 116 Å². The fourth-order valence-corrected chi connectivity index (χ4v) is 2.73. The number of rotatable bonds is 3. The van der Waals surface area contributed by atoms with Crippen LogP contribution in [0.4, 0.5) is 0 Å². The summed E-state index contributed by atoms with van der Waals surface area (Å²) in [5, 5.41) is 11.3. The number of halogens is 10. The van der Waals surface area contributed by atoms with E-state index in [-0.39, 0.29) is 16.7 Å². The van der Waals surface area contributed by atoms with Crippen LogP contribution < -0.4 is 0 Å². The van der Waals surface area contributed by atoms with Crippen LogP contribution in [0.15, 0.2) is 18.2 Å². The Balaban J connectivity index is 3.57. The van der Waals surface area contributed by atoms with Gasteiger partial charge in [0.1, 0.15) is 6.61 Å². The van der Waals surface area contributed by atoms with Crippen molar-refractivity contribution < 1.29 is 5.11 Å². The summed E-state index contributed by atoms with van der Waals surface area (Å²) < 4.78 is -8.22. The summed E-state index contributed by atoms with van der Waals surface area (Å²) in [7, 11) is 0. The smallest absolute Gasteiger partial charge is 0.227 e. The van der Waals surface area contributed by atoms with E-state index in [1.807, 2.05) is 0 Å². The molecule has 0 heterocycles. The van der Waals surface area contributed by atoms with E-state index in [4.69, 9.17) is 116 Å². The molecule has 22 heavy (non-hydrogen) atoms. The monoisotopic (exact) mass is 503 g/mol. The maximum atomic E-state index is 11.3. The molecule has 0 aliphatic carbocycles. The van der Waals surface area contributed by atoms with Gasteiger partial charge in [-0.2, -0.15) is 0 Å². The van der Waals surface area contributed by atoms with Gasteiger partial charge in [0.25, 0.3) is 0 Å². The third kappa shape index (κ3) is 4.43. The van der Waals surface area contributed by atoms with E-state index in [1.54, 1.807) is 0 Å². The first-order chi connectivity index (χ1) is 9.66. The van der Waals surface area contributed by atoms with E-state index in [0.717, 1.165) is 0 Å². The van der Waals surface area contributed by atoms with Gasteiger partial charge < -0.3 is 0 Å². The van der Waals surface area contributed by atoms with Crippen molar-refractivity contribution in [2.45, 2.75) is 22.9 Å². The van der Waals surface area contributed by atoms with Crippen molar-refractivity contribution in [1.29, 1.82) is 0 Å². The van der Waals surface area contributed by atoms with Gasteiger partial charge in [0, 0.05) is 0 Å². The van der Waals surface area contributed by atoms with Crippen molar-refractivity contribution in [2.75, 3.05) is 0 Å². The van der Waals surface area contributed by atoms with Crippen LogP contribution in [-0.2, 0) is 20.4 Å². The van der Waals surface area contributed by atoms with Crippen molar-refractivity contribution in [2.24, 2.45) is 0 Å². The molecule has 0 aliphatic heterocycles. The lowest BCUT2D eigenvalue weighted by Gasteiger charge is -2.32. The molecule has 1 rings (SSSR count). The molecule has 0 aliphatic rings. The largest absolute Gasteiger partial charge is 0.232 e. The molecule has 0 aromatic heterocycles. The van der Waals surface area contributed by atoms with E-state index >= 15 is 0 Å². The first-order valence-electron chi connectivity index (χ1n) is 5.27. The molecule has 1 aromatic rings. The highest BCUT2D eigenvalue weighted by atomic mass is 35.6. The molecule has 0 unspecified atom stereocenters. The molecule has 0 spiro atoms. The minimum absolute atomic E-state index is 0.00302. The minimum Gasteiger partial charge on any atom is -0.232 e. The second kappa shape index (κ2) is 7.37. The van der Waals surface area contributed by atoms with Crippen molar-refractivity contribution in [1.82, 2.24) is 0 Å². The highest BCUT2D eigenvalue weighted by Crippen LogP contribution is 2.56. The van der Waals surface area contributed by atoms with E-state index in [0.29, 0.717) is 0 Å². The maximum absolute atomic E-state index is 11.3. The van der Waals surface area contributed by atoms with Crippen molar-refractivity contribution in [3.05, 3.63) is 34.9 Å². The lowest BCUT2D eigenvalue weighted by Crippen LogP contribution is -2.32. The molecule has 0 bridgehead atoms. The Morgan fingerprint density at radius 2 is 1.18 bits per heavy atom. The maximum Gasteiger partial charge on any atom is 0.227 e. The zero-order chi connectivity index (χ0) is 17.6. The summed E-state index contributed by atoms with van der Waals surface area (Å²) in [6.07, 6.45) is 0. The number of hydrogen-bond acceptors (Lipinski definition) is 0. The third-order valence-electron chi connectivity index (χ3n) is 2.68. The average Bonchev–Trinajstić information content (AvgIpc) is 2.35. The molecule has 11 heteroatoms. The van der Waals surface area contributed by atoms with E-state index in [1.165, 1.54) is 18.2 Å². The van der Waals surface area contributed by atoms with E-state index in [2.05, 4.69) is 0 Å². The van der Waals surface area contributed by atoms with Gasteiger partial charge in [0.05, 0.1) is 0 Å². The van der Waals surface area contributed by atoms with Crippen LogP contribution in [-0.4, -0.2) is 7.59 Å². The summed E-state index contributed by atoms with van der Waals surface area (Å²) in [5.74, 6) is 0. The van der Waals surface area contributed by atoms with Gasteiger partial charge >= 0.3 is 0 Å². The second-order valence-corrected chi connectivity index (χ2v) is 11.4. The minimum atomic E-state index is -2.14. The summed E-state index contributed by atoms with van der Waals surface area (Å²) in [6.45, 7) is -0.678. The van der Waals surface area contributed by atoms with Gasteiger partial charge in [-0.05, 0) is 22.8 Å². The molecule has 0 saturated heterocycles. The lowest BCUT2D eigenvalue weighted by atomic mass is 9.99. The quantitative estimate of drug-likeness (QED) is 0.375. The summed E-state index contributed by atoms with van der Waals surface area (Å²) >= 11 is 58.9. The molecule has 1 aromatic carbocycles. The van der Waals surface area contributed by atoms with E-state index in [9.17, 15) is 5.11 Å². The van der Waals surface area contributed by atoms with Crippen LogP contribution >= 0.6 is 116 Å². The Morgan fingerprint density at radius 3 is 1.55 bits per heavy atom. The van der Waals surface area contributed by atoms with Gasteiger partial charge in [0.15, 0.2) is 8.67 Å². The molecular weight excluding hydrogens is 503 g/mol.